The Kier molecular flexibility index (Phi) is 4.27. The van der Waals surface area contributed by atoms with Gasteiger partial charge in [-0.05, 0) is 30.2 Å². The zero-order valence-electron chi connectivity index (χ0n) is 11.3. The summed E-state index contributed by atoms with van der Waals surface area (Å²) in [5, 5.41) is 11.1. The minimum atomic E-state index is -0.913. The van der Waals surface area contributed by atoms with E-state index >= 15 is 0 Å². The molecule has 2 rings (SSSR count). The number of fused-ring (bicyclic) bond motifs is 1. The highest BCUT2D eigenvalue weighted by atomic mass is 16.3. The zero-order valence-corrected chi connectivity index (χ0v) is 11.3. The molecule has 1 heterocycles. The Morgan fingerprint density at radius 3 is 2.68 bits per heavy atom. The number of hydrogen-bond donors (Lipinski definition) is 1. The van der Waals surface area contributed by atoms with Crippen molar-refractivity contribution in [2.45, 2.75) is 32.8 Å². The molecule has 0 aliphatic rings. The maximum absolute atomic E-state index is 12.3. The molecule has 2 aromatic rings. The van der Waals surface area contributed by atoms with Crippen LogP contribution in [0.3, 0.4) is 0 Å². The smallest absolute Gasteiger partial charge is 0.191 e. The lowest BCUT2D eigenvalue weighted by Gasteiger charge is -2.18. The average Bonchev–Trinajstić information content (AvgIpc) is 2.47. The van der Waals surface area contributed by atoms with E-state index in [1.165, 1.54) is 0 Å². The first-order valence-corrected chi connectivity index (χ1v) is 6.74. The second kappa shape index (κ2) is 5.93. The van der Waals surface area contributed by atoms with E-state index in [0.717, 1.165) is 23.7 Å². The fourth-order valence-corrected chi connectivity index (χ4v) is 2.35. The third kappa shape index (κ3) is 2.82. The van der Waals surface area contributed by atoms with Crippen molar-refractivity contribution < 1.29 is 9.90 Å². The number of hydrogen-bond acceptors (Lipinski definition) is 3. The maximum Gasteiger partial charge on any atom is 0.191 e. The Hall–Kier alpha value is -1.74. The number of benzene rings is 1. The molecule has 0 spiro atoms. The predicted octanol–water partition coefficient (Wildman–Crippen LogP) is 3.21. The van der Waals surface area contributed by atoms with E-state index in [4.69, 9.17) is 0 Å². The molecule has 0 aliphatic carbocycles. The van der Waals surface area contributed by atoms with Crippen molar-refractivity contribution in [2.24, 2.45) is 5.92 Å². The van der Waals surface area contributed by atoms with Gasteiger partial charge in [-0.3, -0.25) is 9.78 Å². The van der Waals surface area contributed by atoms with Gasteiger partial charge < -0.3 is 5.11 Å². The van der Waals surface area contributed by atoms with E-state index in [2.05, 4.69) is 4.98 Å². The molecule has 19 heavy (non-hydrogen) atoms. The SMILES string of the molecule is CCC(CC)C(O)C(=O)c1ccc2ncccc2c1. The quantitative estimate of drug-likeness (QED) is 0.837. The molecule has 0 radical (unpaired) electrons. The van der Waals surface area contributed by atoms with Crippen LogP contribution in [0, 0.1) is 5.92 Å². The highest BCUT2D eigenvalue weighted by Crippen LogP contribution is 2.20. The van der Waals surface area contributed by atoms with Crippen LogP contribution in [0.15, 0.2) is 36.5 Å². The minimum Gasteiger partial charge on any atom is -0.385 e. The second-order valence-electron chi connectivity index (χ2n) is 4.80. The highest BCUT2D eigenvalue weighted by molar-refractivity contribution is 6.02. The van der Waals surface area contributed by atoms with Crippen LogP contribution in [-0.4, -0.2) is 22.0 Å². The topological polar surface area (TPSA) is 50.2 Å². The number of ketones is 1. The van der Waals surface area contributed by atoms with Crippen molar-refractivity contribution in [3.63, 3.8) is 0 Å². The van der Waals surface area contributed by atoms with Crippen LogP contribution in [-0.2, 0) is 0 Å². The lowest BCUT2D eigenvalue weighted by molar-refractivity contribution is 0.0588. The molecule has 0 bridgehead atoms. The monoisotopic (exact) mass is 257 g/mol. The number of aromatic nitrogens is 1. The number of rotatable bonds is 5. The summed E-state index contributed by atoms with van der Waals surface area (Å²) < 4.78 is 0. The van der Waals surface area contributed by atoms with Crippen LogP contribution in [0.2, 0.25) is 0 Å². The van der Waals surface area contributed by atoms with Crippen molar-refractivity contribution in [3.05, 3.63) is 42.1 Å². The lowest BCUT2D eigenvalue weighted by Crippen LogP contribution is -2.29. The van der Waals surface area contributed by atoms with E-state index in [-0.39, 0.29) is 11.7 Å². The maximum atomic E-state index is 12.3. The van der Waals surface area contributed by atoms with E-state index in [9.17, 15) is 9.90 Å². The molecule has 1 aromatic heterocycles. The van der Waals surface area contributed by atoms with Gasteiger partial charge in [0.2, 0.25) is 0 Å². The van der Waals surface area contributed by atoms with Crippen LogP contribution in [0.4, 0.5) is 0 Å². The largest absolute Gasteiger partial charge is 0.385 e. The van der Waals surface area contributed by atoms with Crippen LogP contribution in [0.25, 0.3) is 10.9 Å². The van der Waals surface area contributed by atoms with Gasteiger partial charge in [0.1, 0.15) is 6.10 Å². The molecule has 0 saturated carbocycles. The van der Waals surface area contributed by atoms with Gasteiger partial charge in [-0.2, -0.15) is 0 Å². The molecule has 0 amide bonds. The number of pyridine rings is 1. The summed E-state index contributed by atoms with van der Waals surface area (Å²) >= 11 is 0. The van der Waals surface area contributed by atoms with Crippen molar-refractivity contribution in [1.82, 2.24) is 4.98 Å². The molecular formula is C16H19NO2. The molecule has 1 unspecified atom stereocenters. The molecule has 0 aliphatic heterocycles. The Bertz CT molecular complexity index is 576. The van der Waals surface area contributed by atoms with Crippen molar-refractivity contribution in [1.29, 1.82) is 0 Å². The zero-order chi connectivity index (χ0) is 13.8. The molecule has 100 valence electrons. The molecule has 1 N–H and O–H groups in total. The molecular weight excluding hydrogens is 238 g/mol. The molecule has 3 nitrogen and oxygen atoms in total. The first-order chi connectivity index (χ1) is 9.17. The van der Waals surface area contributed by atoms with Crippen LogP contribution >= 0.6 is 0 Å². The fourth-order valence-electron chi connectivity index (χ4n) is 2.35. The lowest BCUT2D eigenvalue weighted by atomic mass is 9.90. The normalized spacial score (nSPS) is 12.8. The summed E-state index contributed by atoms with van der Waals surface area (Å²) in [4.78, 5) is 16.5. The summed E-state index contributed by atoms with van der Waals surface area (Å²) in [5.74, 6) is -0.170. The Morgan fingerprint density at radius 1 is 1.26 bits per heavy atom. The van der Waals surface area contributed by atoms with Gasteiger partial charge in [-0.25, -0.2) is 0 Å². The van der Waals surface area contributed by atoms with Crippen LogP contribution < -0.4 is 0 Å². The highest BCUT2D eigenvalue weighted by Gasteiger charge is 2.24. The van der Waals surface area contributed by atoms with Gasteiger partial charge >= 0.3 is 0 Å². The van der Waals surface area contributed by atoms with E-state index in [0.29, 0.717) is 5.56 Å². The number of aliphatic hydroxyl groups excluding tert-OH is 1. The van der Waals surface area contributed by atoms with Crippen molar-refractivity contribution >= 4 is 16.7 Å². The second-order valence-corrected chi connectivity index (χ2v) is 4.80. The Morgan fingerprint density at radius 2 is 2.00 bits per heavy atom. The Balaban J connectivity index is 2.30. The molecule has 1 aromatic carbocycles. The summed E-state index contributed by atoms with van der Waals surface area (Å²) in [6, 6.07) is 9.12. The van der Waals surface area contributed by atoms with Gasteiger partial charge in [-0.1, -0.05) is 32.8 Å². The summed E-state index contributed by atoms with van der Waals surface area (Å²) in [5.41, 5.74) is 1.41. The standard InChI is InChI=1S/C16H19NO2/c1-3-11(4-2)15(18)16(19)13-7-8-14-12(10-13)6-5-9-17-14/h5-11,15,18H,3-4H2,1-2H3. The predicted molar refractivity (Wildman–Crippen MR) is 76.2 cm³/mol. The van der Waals surface area contributed by atoms with Crippen LogP contribution in [0.1, 0.15) is 37.0 Å². The van der Waals surface area contributed by atoms with Gasteiger partial charge in [0.25, 0.3) is 0 Å². The summed E-state index contributed by atoms with van der Waals surface area (Å²) in [6.07, 6.45) is 2.42. The van der Waals surface area contributed by atoms with Gasteiger partial charge in [-0.15, -0.1) is 0 Å². The molecule has 0 saturated heterocycles. The van der Waals surface area contributed by atoms with Gasteiger partial charge in [0, 0.05) is 17.1 Å². The third-order valence-electron chi connectivity index (χ3n) is 3.65. The number of Topliss-reactive ketones (excluding diaryl/α,β-unsaturated/α-hetero) is 1. The van der Waals surface area contributed by atoms with Gasteiger partial charge in [0.05, 0.1) is 5.52 Å². The van der Waals surface area contributed by atoms with E-state index in [1.807, 2.05) is 32.0 Å². The Labute approximate surface area is 113 Å². The average molecular weight is 257 g/mol. The number of carbonyl (C=O) groups is 1. The molecule has 1 atom stereocenters. The number of carbonyl (C=O) groups excluding carboxylic acids is 1. The summed E-state index contributed by atoms with van der Waals surface area (Å²) in [7, 11) is 0. The van der Waals surface area contributed by atoms with E-state index in [1.54, 1.807) is 18.3 Å². The minimum absolute atomic E-state index is 0.0251. The van der Waals surface area contributed by atoms with Gasteiger partial charge in [0.15, 0.2) is 5.78 Å². The number of aliphatic hydroxyl groups is 1. The molecule has 3 heteroatoms. The summed E-state index contributed by atoms with van der Waals surface area (Å²) in [6.45, 7) is 3.99. The van der Waals surface area contributed by atoms with Crippen molar-refractivity contribution in [2.75, 3.05) is 0 Å². The van der Waals surface area contributed by atoms with E-state index < -0.39 is 6.10 Å². The fraction of sp³-hybridized carbons (Fsp3) is 0.375. The number of nitrogens with zero attached hydrogens (tertiary/aromatic N) is 1. The molecule has 0 fully saturated rings. The third-order valence-corrected chi connectivity index (χ3v) is 3.65. The van der Waals surface area contributed by atoms with Crippen molar-refractivity contribution in [3.8, 4) is 0 Å². The first kappa shape index (κ1) is 13.7. The first-order valence-electron chi connectivity index (χ1n) is 6.74. The van der Waals surface area contributed by atoms with Crippen LogP contribution in [0.5, 0.6) is 0 Å².